The molecule has 19 heavy (non-hydrogen) atoms. The fourth-order valence-corrected chi connectivity index (χ4v) is 1.46. The van der Waals surface area contributed by atoms with E-state index < -0.39 is 36.7 Å². The monoisotopic (exact) mass is 360 g/mol. The summed E-state index contributed by atoms with van der Waals surface area (Å²) in [6.45, 7) is 0. The largest absolute Gasteiger partial charge is 1.00 e. The molecule has 2 N–H and O–H groups in total. The maximum Gasteiger partial charge on any atom is 1.00 e. The van der Waals surface area contributed by atoms with Gasteiger partial charge in [-0.2, -0.15) is 43.2 Å². The Kier molecular flexibility index (Phi) is 8.89. The minimum Gasteiger partial charge on any atom is -1.00 e. The van der Waals surface area contributed by atoms with Gasteiger partial charge < -0.3 is 2.85 Å². The first kappa shape index (κ1) is 25.4. The van der Waals surface area contributed by atoms with Crippen molar-refractivity contribution in [2.24, 2.45) is 0 Å². The van der Waals surface area contributed by atoms with Gasteiger partial charge in [0.25, 0.3) is 0 Å². The Hall–Kier alpha value is 1.40. The molecule has 0 aliphatic heterocycles. The van der Waals surface area contributed by atoms with Gasteiger partial charge in [-0.15, -0.1) is 0 Å². The zero-order chi connectivity index (χ0) is 14.5. The van der Waals surface area contributed by atoms with Crippen LogP contribution in [0.4, 0.5) is 26.3 Å². The predicted octanol–water partition coefficient (Wildman–Crippen LogP) is -5.18. The fourth-order valence-electron chi connectivity index (χ4n) is 0.493. The second-order valence-corrected chi connectivity index (χ2v) is 5.48. The number of rotatable bonds is 4. The third-order valence-corrected chi connectivity index (χ3v) is 3.19. The number of hydrogen-bond donors (Lipinski definition) is 2. The first-order valence-electron chi connectivity index (χ1n) is 3.07. The molecule has 16 heteroatoms. The summed E-state index contributed by atoms with van der Waals surface area (Å²) in [6, 6.07) is 0. The van der Waals surface area contributed by atoms with Gasteiger partial charge in [0, 0.05) is 0 Å². The number of alkyl halides is 6. The van der Waals surface area contributed by atoms with E-state index >= 15 is 0 Å². The van der Waals surface area contributed by atoms with Crippen molar-refractivity contribution in [3.63, 3.8) is 0 Å². The van der Waals surface area contributed by atoms with Crippen LogP contribution in [0.3, 0.4) is 0 Å². The smallest absolute Gasteiger partial charge is 1.00 e. The summed E-state index contributed by atoms with van der Waals surface area (Å²) in [5.41, 5.74) is 0. The molecule has 0 bridgehead atoms. The molecule has 6 nitrogen and oxygen atoms in total. The Morgan fingerprint density at radius 3 is 0.947 bits per heavy atom. The van der Waals surface area contributed by atoms with E-state index in [-0.39, 0.29) is 62.0 Å². The average molecular weight is 360 g/mol. The van der Waals surface area contributed by atoms with Crippen LogP contribution in [0.25, 0.3) is 0 Å². The SMILES string of the molecule is O=S(=O)(O)C(F)(F)C(F)(F)C(F)(F)S(=O)(=O)O.[H-].[H-].[Na+].[Na+]. The van der Waals surface area contributed by atoms with E-state index in [2.05, 4.69) is 0 Å². The first-order valence-corrected chi connectivity index (χ1v) is 5.95. The van der Waals surface area contributed by atoms with Crippen LogP contribution in [0.1, 0.15) is 2.85 Å². The van der Waals surface area contributed by atoms with E-state index in [4.69, 9.17) is 9.11 Å². The molecule has 0 fully saturated rings. The molecule has 108 valence electrons. The van der Waals surface area contributed by atoms with Gasteiger partial charge in [0.05, 0.1) is 0 Å². The molecule has 0 saturated heterocycles. The molecule has 0 aromatic carbocycles. The fraction of sp³-hybridized carbons (Fsp3) is 1.00. The summed E-state index contributed by atoms with van der Waals surface area (Å²) in [4.78, 5) is 0. The van der Waals surface area contributed by atoms with Crippen molar-refractivity contribution in [1.29, 1.82) is 0 Å². The van der Waals surface area contributed by atoms with Crippen LogP contribution in [0.15, 0.2) is 0 Å². The van der Waals surface area contributed by atoms with E-state index in [1.54, 1.807) is 0 Å². The molecule has 0 aromatic heterocycles. The molecule has 0 radical (unpaired) electrons. The van der Waals surface area contributed by atoms with Gasteiger partial charge >= 0.3 is 95.8 Å². The zero-order valence-electron chi connectivity index (χ0n) is 11.1. The van der Waals surface area contributed by atoms with Crippen molar-refractivity contribution in [2.75, 3.05) is 0 Å². The zero-order valence-corrected chi connectivity index (χ0v) is 14.7. The molecule has 0 unspecified atom stereocenters. The van der Waals surface area contributed by atoms with Crippen LogP contribution < -0.4 is 59.1 Å². The molecule has 0 spiro atoms. The molecular weight excluding hydrogens is 356 g/mol. The van der Waals surface area contributed by atoms with Gasteiger partial charge in [-0.1, -0.05) is 0 Å². The normalized spacial score (nSPS) is 14.3. The summed E-state index contributed by atoms with van der Waals surface area (Å²) in [6.07, 6.45) is 0. The van der Waals surface area contributed by atoms with Crippen LogP contribution in [0.2, 0.25) is 0 Å². The Labute approximate surface area is 150 Å². The van der Waals surface area contributed by atoms with Crippen LogP contribution in [0.5, 0.6) is 0 Å². The van der Waals surface area contributed by atoms with Crippen LogP contribution in [-0.4, -0.2) is 42.4 Å². The molecule has 0 heterocycles. The maximum absolute atomic E-state index is 12.4. The van der Waals surface area contributed by atoms with Crippen molar-refractivity contribution in [3.05, 3.63) is 0 Å². The minimum absolute atomic E-state index is 0. The van der Waals surface area contributed by atoms with Gasteiger partial charge in [-0.25, -0.2) is 0 Å². The second-order valence-electron chi connectivity index (χ2n) is 2.56. The third kappa shape index (κ3) is 4.20. The summed E-state index contributed by atoms with van der Waals surface area (Å²) < 4.78 is 128. The van der Waals surface area contributed by atoms with Crippen LogP contribution >= 0.6 is 0 Å². The van der Waals surface area contributed by atoms with Crippen molar-refractivity contribution in [1.82, 2.24) is 0 Å². The average Bonchev–Trinajstić information content (AvgIpc) is 1.98. The molecule has 0 aromatic rings. The number of halogens is 6. The first-order chi connectivity index (χ1) is 7.00. The Bertz CT molecular complexity index is 477. The van der Waals surface area contributed by atoms with Crippen molar-refractivity contribution in [3.8, 4) is 0 Å². The summed E-state index contributed by atoms with van der Waals surface area (Å²) in [5, 5.41) is -13.6. The molecular formula is C3H4F6Na2O6S2. The van der Waals surface area contributed by atoms with Gasteiger partial charge in [0.15, 0.2) is 0 Å². The Balaban J connectivity index is -0.000000213. The predicted molar refractivity (Wildman–Crippen MR) is 40.2 cm³/mol. The van der Waals surface area contributed by atoms with Gasteiger partial charge in [0.1, 0.15) is 0 Å². The number of hydrogen-bond acceptors (Lipinski definition) is 4. The van der Waals surface area contributed by atoms with Gasteiger partial charge in [-0.05, 0) is 0 Å². The van der Waals surface area contributed by atoms with E-state index in [1.165, 1.54) is 0 Å². The van der Waals surface area contributed by atoms with E-state index in [9.17, 15) is 43.2 Å². The minimum atomic E-state index is -7.08. The van der Waals surface area contributed by atoms with Gasteiger partial charge in [-0.3, -0.25) is 9.11 Å². The summed E-state index contributed by atoms with van der Waals surface area (Å²) in [7, 11) is -14.1. The van der Waals surface area contributed by atoms with Crippen molar-refractivity contribution >= 4 is 20.2 Å². The van der Waals surface area contributed by atoms with Gasteiger partial charge in [0.2, 0.25) is 0 Å². The van der Waals surface area contributed by atoms with Crippen LogP contribution in [0, 0.1) is 0 Å². The van der Waals surface area contributed by atoms with E-state index in [0.29, 0.717) is 0 Å². The summed E-state index contributed by atoms with van der Waals surface area (Å²) in [5.74, 6) is -7.08. The third-order valence-electron chi connectivity index (χ3n) is 1.38. The Morgan fingerprint density at radius 1 is 0.684 bits per heavy atom. The molecule has 0 amide bonds. The molecule has 0 rings (SSSR count). The van der Waals surface area contributed by atoms with E-state index in [1.807, 2.05) is 0 Å². The topological polar surface area (TPSA) is 109 Å². The Morgan fingerprint density at radius 2 is 0.842 bits per heavy atom. The summed E-state index contributed by atoms with van der Waals surface area (Å²) >= 11 is 0. The maximum atomic E-state index is 12.4. The standard InChI is InChI=1S/C3H2F6O6S2.2Na.2H/c4-1(5,2(6,7)16(10,11)12)3(8,9)17(13,14)15;;;;/h(H,10,11,12)(H,13,14,15);;;;/q;2*+1;2*-1. The quantitative estimate of drug-likeness (QED) is 0.295. The second kappa shape index (κ2) is 6.66. The molecule has 0 aliphatic carbocycles. The van der Waals surface area contributed by atoms with Crippen molar-refractivity contribution in [2.45, 2.75) is 16.4 Å². The molecule has 0 aliphatic rings. The van der Waals surface area contributed by atoms with Crippen LogP contribution in [-0.2, 0) is 20.2 Å². The van der Waals surface area contributed by atoms with Crippen molar-refractivity contribution < 1.29 is 114 Å². The molecule has 0 atom stereocenters. The molecule has 0 saturated carbocycles. The van der Waals surface area contributed by atoms with E-state index in [0.717, 1.165) is 0 Å².